The Morgan fingerprint density at radius 2 is 2.10 bits per heavy atom. The Labute approximate surface area is 115 Å². The molecule has 4 nitrogen and oxygen atoms in total. The van der Waals surface area contributed by atoms with Crippen LogP contribution in [-0.2, 0) is 9.63 Å². The Morgan fingerprint density at radius 3 is 2.65 bits per heavy atom. The molecule has 2 atom stereocenters. The maximum Gasteiger partial charge on any atom is 0.255 e. The van der Waals surface area contributed by atoms with E-state index >= 15 is 0 Å². The molecule has 1 aromatic rings. The van der Waals surface area contributed by atoms with Crippen LogP contribution in [0.1, 0.15) is 30.5 Å². The predicted molar refractivity (Wildman–Crippen MR) is 66.5 cm³/mol. The smallest absolute Gasteiger partial charge is 0.255 e. The number of benzene rings is 1. The number of nitriles is 1. The number of carbonyl (C=O) groups excluding carboxylic acids is 1. The Balaban J connectivity index is 2.18. The number of nitrogens with zero attached hydrogens (tertiary/aromatic N) is 2. The molecule has 0 aliphatic carbocycles. The molecule has 1 heterocycles. The van der Waals surface area contributed by atoms with Crippen molar-refractivity contribution >= 4 is 5.91 Å². The second kappa shape index (κ2) is 5.97. The first-order valence-corrected chi connectivity index (χ1v) is 6.28. The summed E-state index contributed by atoms with van der Waals surface area (Å²) in [5, 5.41) is 9.79. The molecule has 1 aliphatic rings. The summed E-state index contributed by atoms with van der Waals surface area (Å²) in [6, 6.07) is 8.31. The van der Waals surface area contributed by atoms with Gasteiger partial charge in [-0.05, 0) is 24.6 Å². The van der Waals surface area contributed by atoms with Gasteiger partial charge in [0.1, 0.15) is 0 Å². The third kappa shape index (κ3) is 2.78. The van der Waals surface area contributed by atoms with E-state index in [9.17, 15) is 13.6 Å². The van der Waals surface area contributed by atoms with E-state index in [4.69, 9.17) is 10.1 Å². The van der Waals surface area contributed by atoms with Crippen molar-refractivity contribution in [1.29, 1.82) is 5.26 Å². The van der Waals surface area contributed by atoms with E-state index in [1.807, 2.05) is 6.07 Å². The minimum absolute atomic E-state index is 0.312. The van der Waals surface area contributed by atoms with Crippen LogP contribution in [0.3, 0.4) is 0 Å². The minimum atomic E-state index is -2.71. The normalized spacial score (nSPS) is 19.9. The Bertz CT molecular complexity index is 525. The fourth-order valence-corrected chi connectivity index (χ4v) is 2.08. The number of hydroxylamine groups is 2. The highest BCUT2D eigenvalue weighted by atomic mass is 19.3. The van der Waals surface area contributed by atoms with Gasteiger partial charge in [-0.3, -0.25) is 9.63 Å². The first-order chi connectivity index (χ1) is 9.54. The molecule has 1 saturated heterocycles. The Morgan fingerprint density at radius 1 is 1.45 bits per heavy atom. The van der Waals surface area contributed by atoms with Gasteiger partial charge in [-0.2, -0.15) is 5.26 Å². The zero-order valence-electron chi connectivity index (χ0n) is 10.9. The second-order valence-electron chi connectivity index (χ2n) is 4.66. The standard InChI is InChI=1S/C14H14F2N2O2/c1-9(13(15)16)14(19)18-12(6-7-20-18)11-4-2-10(8-17)3-5-11/h2-5,9,12-13H,6-7H2,1H3/t9-,12?/m1/s1. The van der Waals surface area contributed by atoms with Crippen molar-refractivity contribution < 1.29 is 18.4 Å². The Hall–Kier alpha value is -2.00. The lowest BCUT2D eigenvalue weighted by Gasteiger charge is -2.25. The molecule has 0 aromatic heterocycles. The molecular weight excluding hydrogens is 266 g/mol. The van der Waals surface area contributed by atoms with E-state index in [2.05, 4.69) is 0 Å². The molecule has 1 aromatic carbocycles. The van der Waals surface area contributed by atoms with Crippen LogP contribution in [0.4, 0.5) is 8.78 Å². The Kier molecular flexibility index (Phi) is 4.30. The molecule has 0 bridgehead atoms. The lowest BCUT2D eigenvalue weighted by molar-refractivity contribution is -0.185. The second-order valence-corrected chi connectivity index (χ2v) is 4.66. The number of rotatable bonds is 3. The fourth-order valence-electron chi connectivity index (χ4n) is 2.08. The van der Waals surface area contributed by atoms with Gasteiger partial charge in [0.15, 0.2) is 0 Å². The van der Waals surface area contributed by atoms with Crippen LogP contribution in [0.15, 0.2) is 24.3 Å². The first kappa shape index (κ1) is 14.4. The summed E-state index contributed by atoms with van der Waals surface area (Å²) >= 11 is 0. The van der Waals surface area contributed by atoms with Crippen molar-refractivity contribution in [2.75, 3.05) is 6.61 Å². The van der Waals surface area contributed by atoms with E-state index in [1.54, 1.807) is 24.3 Å². The third-order valence-corrected chi connectivity index (χ3v) is 3.31. The SMILES string of the molecule is C[C@@H](C(=O)N1OCCC1c1ccc(C#N)cc1)C(F)F. The summed E-state index contributed by atoms with van der Waals surface area (Å²) in [4.78, 5) is 17.2. The molecule has 6 heteroatoms. The lowest BCUT2D eigenvalue weighted by atomic mass is 10.0. The molecule has 0 spiro atoms. The van der Waals surface area contributed by atoms with Gasteiger partial charge >= 0.3 is 0 Å². The molecule has 1 amide bonds. The number of hydrogen-bond acceptors (Lipinski definition) is 3. The minimum Gasteiger partial charge on any atom is -0.272 e. The zero-order chi connectivity index (χ0) is 14.7. The van der Waals surface area contributed by atoms with Gasteiger partial charge in [-0.25, -0.2) is 13.8 Å². The van der Waals surface area contributed by atoms with Crippen molar-refractivity contribution in [2.24, 2.45) is 5.92 Å². The summed E-state index contributed by atoms with van der Waals surface area (Å²) in [5.41, 5.74) is 1.28. The van der Waals surface area contributed by atoms with Crippen molar-refractivity contribution in [3.05, 3.63) is 35.4 Å². The summed E-state index contributed by atoms with van der Waals surface area (Å²) in [5.74, 6) is -2.11. The van der Waals surface area contributed by atoms with E-state index < -0.39 is 18.3 Å². The van der Waals surface area contributed by atoms with Gasteiger partial charge in [0, 0.05) is 6.42 Å². The molecule has 1 fully saturated rings. The van der Waals surface area contributed by atoms with E-state index in [-0.39, 0.29) is 6.04 Å². The van der Waals surface area contributed by atoms with Gasteiger partial charge in [0.05, 0.1) is 30.2 Å². The zero-order valence-corrected chi connectivity index (χ0v) is 10.9. The molecule has 1 unspecified atom stereocenters. The highest BCUT2D eigenvalue weighted by Crippen LogP contribution is 2.32. The van der Waals surface area contributed by atoms with Crippen molar-refractivity contribution in [3.8, 4) is 6.07 Å². The van der Waals surface area contributed by atoms with Crippen LogP contribution in [0.25, 0.3) is 0 Å². The van der Waals surface area contributed by atoms with Gasteiger partial charge in [0.2, 0.25) is 6.43 Å². The van der Waals surface area contributed by atoms with Crippen LogP contribution in [0, 0.1) is 17.2 Å². The largest absolute Gasteiger partial charge is 0.272 e. The molecular formula is C14H14F2N2O2. The fraction of sp³-hybridized carbons (Fsp3) is 0.429. The van der Waals surface area contributed by atoms with Crippen LogP contribution in [0.2, 0.25) is 0 Å². The molecule has 0 N–H and O–H groups in total. The van der Waals surface area contributed by atoms with E-state index in [0.29, 0.717) is 18.6 Å². The summed E-state index contributed by atoms with van der Waals surface area (Å²) in [7, 11) is 0. The third-order valence-electron chi connectivity index (χ3n) is 3.31. The molecule has 0 saturated carbocycles. The van der Waals surface area contributed by atoms with Gasteiger partial charge < -0.3 is 0 Å². The van der Waals surface area contributed by atoms with Crippen molar-refractivity contribution in [1.82, 2.24) is 5.06 Å². The van der Waals surface area contributed by atoms with Crippen molar-refractivity contribution in [2.45, 2.75) is 25.8 Å². The lowest BCUT2D eigenvalue weighted by Crippen LogP contribution is -2.36. The van der Waals surface area contributed by atoms with E-state index in [1.165, 1.54) is 6.92 Å². The average molecular weight is 280 g/mol. The van der Waals surface area contributed by atoms with Gasteiger partial charge in [0.25, 0.3) is 5.91 Å². The quantitative estimate of drug-likeness (QED) is 0.855. The first-order valence-electron chi connectivity index (χ1n) is 6.28. The summed E-state index contributed by atoms with van der Waals surface area (Å²) in [6.45, 7) is 1.50. The number of alkyl halides is 2. The van der Waals surface area contributed by atoms with Gasteiger partial charge in [-0.15, -0.1) is 0 Å². The number of hydrogen-bond donors (Lipinski definition) is 0. The van der Waals surface area contributed by atoms with Crippen LogP contribution < -0.4 is 0 Å². The van der Waals surface area contributed by atoms with Crippen LogP contribution in [0.5, 0.6) is 0 Å². The highest BCUT2D eigenvalue weighted by molar-refractivity contribution is 5.78. The molecule has 1 aliphatic heterocycles. The summed E-state index contributed by atoms with van der Waals surface area (Å²) < 4.78 is 25.2. The maximum absolute atomic E-state index is 12.6. The topological polar surface area (TPSA) is 53.3 Å². The average Bonchev–Trinajstić information content (AvgIpc) is 2.95. The predicted octanol–water partition coefficient (Wildman–Crippen LogP) is 2.66. The van der Waals surface area contributed by atoms with E-state index in [0.717, 1.165) is 10.6 Å². The van der Waals surface area contributed by atoms with Crippen LogP contribution >= 0.6 is 0 Å². The number of halogens is 2. The van der Waals surface area contributed by atoms with Gasteiger partial charge in [-0.1, -0.05) is 12.1 Å². The number of carbonyl (C=O) groups is 1. The molecule has 20 heavy (non-hydrogen) atoms. The highest BCUT2D eigenvalue weighted by Gasteiger charge is 2.37. The summed E-state index contributed by atoms with van der Waals surface area (Å²) in [6.07, 6.45) is -2.17. The monoisotopic (exact) mass is 280 g/mol. The molecule has 2 rings (SSSR count). The number of amides is 1. The molecule has 0 radical (unpaired) electrons. The molecule has 106 valence electrons. The van der Waals surface area contributed by atoms with Crippen molar-refractivity contribution in [3.63, 3.8) is 0 Å². The maximum atomic E-state index is 12.6. The van der Waals surface area contributed by atoms with Crippen LogP contribution in [-0.4, -0.2) is 24.0 Å².